The predicted molar refractivity (Wildman–Crippen MR) is 88.4 cm³/mol. The molecule has 0 saturated heterocycles. The summed E-state index contributed by atoms with van der Waals surface area (Å²) in [5.41, 5.74) is 6.82. The molecular weight excluding hydrogens is 306 g/mol. The molecule has 21 heavy (non-hydrogen) atoms. The lowest BCUT2D eigenvalue weighted by molar-refractivity contribution is 0.0959. The average Bonchev–Trinajstić information content (AvgIpc) is 3.04. The van der Waals surface area contributed by atoms with Crippen molar-refractivity contribution in [3.05, 3.63) is 21.0 Å². The van der Waals surface area contributed by atoms with Gasteiger partial charge in [-0.3, -0.25) is 4.79 Å². The van der Waals surface area contributed by atoms with Gasteiger partial charge in [-0.2, -0.15) is 0 Å². The van der Waals surface area contributed by atoms with Crippen molar-refractivity contribution in [3.8, 4) is 0 Å². The Kier molecular flexibility index (Phi) is 5.13. The molecule has 0 radical (unpaired) electrons. The van der Waals surface area contributed by atoms with Crippen molar-refractivity contribution in [3.63, 3.8) is 0 Å². The fourth-order valence-corrected chi connectivity index (χ4v) is 3.26. The maximum absolute atomic E-state index is 12.1. The van der Waals surface area contributed by atoms with Crippen LogP contribution in [0.4, 0.5) is 10.9 Å². The van der Waals surface area contributed by atoms with Crippen LogP contribution in [-0.4, -0.2) is 36.0 Å². The first-order valence-corrected chi connectivity index (χ1v) is 8.37. The van der Waals surface area contributed by atoms with E-state index in [0.717, 1.165) is 28.8 Å². The van der Waals surface area contributed by atoms with Crippen molar-refractivity contribution in [1.29, 1.82) is 0 Å². The molecule has 0 aliphatic rings. The quantitative estimate of drug-likeness (QED) is 0.847. The van der Waals surface area contributed by atoms with Crippen molar-refractivity contribution >= 4 is 39.5 Å². The summed E-state index contributed by atoms with van der Waals surface area (Å²) in [5.74, 6) is 0.116. The summed E-state index contributed by atoms with van der Waals surface area (Å²) in [4.78, 5) is 23.1. The zero-order valence-corrected chi connectivity index (χ0v) is 14.0. The number of nitrogen functional groups attached to an aromatic ring is 1. The highest BCUT2D eigenvalue weighted by molar-refractivity contribution is 7.18. The highest BCUT2D eigenvalue weighted by atomic mass is 32.1. The van der Waals surface area contributed by atoms with Crippen LogP contribution in [0.25, 0.3) is 0 Å². The Hall–Kier alpha value is -1.67. The van der Waals surface area contributed by atoms with Crippen LogP contribution < -0.4 is 16.0 Å². The molecule has 1 amide bonds. The number of anilines is 2. The van der Waals surface area contributed by atoms with E-state index in [1.807, 2.05) is 31.2 Å². The number of nitrogens with one attached hydrogen (secondary N) is 1. The van der Waals surface area contributed by atoms with Gasteiger partial charge in [0, 0.05) is 31.9 Å². The van der Waals surface area contributed by atoms with Crippen molar-refractivity contribution in [2.45, 2.75) is 20.3 Å². The zero-order chi connectivity index (χ0) is 15.4. The minimum absolute atomic E-state index is 0.173. The van der Waals surface area contributed by atoms with Gasteiger partial charge in [0.15, 0.2) is 5.13 Å². The molecule has 2 aromatic rings. The Balaban J connectivity index is 1.92. The Labute approximate surface area is 132 Å². The first-order valence-electron chi connectivity index (χ1n) is 6.68. The van der Waals surface area contributed by atoms with Gasteiger partial charge in [0.2, 0.25) is 0 Å². The highest BCUT2D eigenvalue weighted by Gasteiger charge is 2.17. The van der Waals surface area contributed by atoms with E-state index in [1.54, 1.807) is 11.3 Å². The van der Waals surface area contributed by atoms with Crippen molar-refractivity contribution in [1.82, 2.24) is 15.3 Å². The maximum Gasteiger partial charge on any atom is 0.265 e. The summed E-state index contributed by atoms with van der Waals surface area (Å²) in [6, 6.07) is 0. The van der Waals surface area contributed by atoms with Crippen LogP contribution in [0.15, 0.2) is 5.38 Å². The van der Waals surface area contributed by atoms with E-state index in [4.69, 9.17) is 5.73 Å². The van der Waals surface area contributed by atoms with Gasteiger partial charge in [-0.25, -0.2) is 9.97 Å². The average molecular weight is 325 g/mol. The summed E-state index contributed by atoms with van der Waals surface area (Å²) in [6.45, 7) is 5.35. The number of nitrogens with two attached hydrogens (primary N) is 1. The Morgan fingerprint density at radius 3 is 2.86 bits per heavy atom. The van der Waals surface area contributed by atoms with Crippen molar-refractivity contribution < 1.29 is 4.79 Å². The standard InChI is InChI=1S/C13H19N5OS2/c1-4-18(3)13-17-11(14)10(21-13)12(19)15-6-5-9-7-20-8(2)16-9/h7H,4-6,14H2,1-3H3,(H,15,19). The summed E-state index contributed by atoms with van der Waals surface area (Å²) in [6.07, 6.45) is 0.719. The number of carbonyl (C=O) groups is 1. The van der Waals surface area contributed by atoms with Crippen LogP contribution in [0.1, 0.15) is 27.3 Å². The summed E-state index contributed by atoms with van der Waals surface area (Å²) in [5, 5.41) is 6.67. The number of amides is 1. The zero-order valence-electron chi connectivity index (χ0n) is 12.3. The Bertz CT molecular complexity index is 622. The molecule has 0 atom stereocenters. The summed E-state index contributed by atoms with van der Waals surface area (Å²) in [7, 11) is 1.92. The van der Waals surface area contributed by atoms with Crippen molar-refractivity contribution in [2.75, 3.05) is 30.8 Å². The van der Waals surface area contributed by atoms with Gasteiger partial charge in [0.05, 0.1) is 10.7 Å². The monoisotopic (exact) mass is 325 g/mol. The van der Waals surface area contributed by atoms with E-state index < -0.39 is 0 Å². The fraction of sp³-hybridized carbons (Fsp3) is 0.462. The molecule has 0 aromatic carbocycles. The molecule has 114 valence electrons. The van der Waals surface area contributed by atoms with Gasteiger partial charge in [-0.15, -0.1) is 11.3 Å². The number of thiazole rings is 2. The number of hydrogen-bond acceptors (Lipinski definition) is 7. The summed E-state index contributed by atoms with van der Waals surface area (Å²) < 4.78 is 0. The minimum Gasteiger partial charge on any atom is -0.382 e. The normalized spacial score (nSPS) is 10.6. The molecule has 2 heterocycles. The second-order valence-electron chi connectivity index (χ2n) is 4.59. The molecule has 2 rings (SSSR count). The van der Waals surface area contributed by atoms with E-state index in [1.165, 1.54) is 11.3 Å². The molecule has 8 heteroatoms. The van der Waals surface area contributed by atoms with Crippen LogP contribution in [0.3, 0.4) is 0 Å². The molecule has 0 spiro atoms. The van der Waals surface area contributed by atoms with Gasteiger partial charge < -0.3 is 16.0 Å². The molecule has 0 aliphatic carbocycles. The van der Waals surface area contributed by atoms with Gasteiger partial charge in [-0.1, -0.05) is 11.3 Å². The molecule has 3 N–H and O–H groups in total. The van der Waals surface area contributed by atoms with E-state index >= 15 is 0 Å². The van der Waals surface area contributed by atoms with E-state index in [2.05, 4.69) is 15.3 Å². The van der Waals surface area contributed by atoms with E-state index in [0.29, 0.717) is 11.4 Å². The molecule has 0 aliphatic heterocycles. The predicted octanol–water partition coefficient (Wildman–Crippen LogP) is 1.92. The molecule has 6 nitrogen and oxygen atoms in total. The number of carbonyl (C=O) groups excluding carboxylic acids is 1. The number of nitrogens with zero attached hydrogens (tertiary/aromatic N) is 3. The third-order valence-electron chi connectivity index (χ3n) is 2.98. The molecule has 0 fully saturated rings. The number of aryl methyl sites for hydroxylation is 1. The van der Waals surface area contributed by atoms with Gasteiger partial charge in [0.1, 0.15) is 10.7 Å². The van der Waals surface area contributed by atoms with Crippen LogP contribution in [-0.2, 0) is 6.42 Å². The lowest BCUT2D eigenvalue weighted by Gasteiger charge is -2.10. The number of aromatic nitrogens is 2. The lowest BCUT2D eigenvalue weighted by atomic mass is 10.3. The lowest BCUT2D eigenvalue weighted by Crippen LogP contribution is -2.25. The largest absolute Gasteiger partial charge is 0.382 e. The Morgan fingerprint density at radius 2 is 2.24 bits per heavy atom. The van der Waals surface area contributed by atoms with Gasteiger partial charge in [0.25, 0.3) is 5.91 Å². The topological polar surface area (TPSA) is 84.1 Å². The third kappa shape index (κ3) is 3.92. The minimum atomic E-state index is -0.173. The Morgan fingerprint density at radius 1 is 1.48 bits per heavy atom. The fourth-order valence-electron chi connectivity index (χ4n) is 1.69. The van der Waals surface area contributed by atoms with E-state index in [-0.39, 0.29) is 11.7 Å². The second-order valence-corrected chi connectivity index (χ2v) is 6.63. The SMILES string of the molecule is CCN(C)c1nc(N)c(C(=O)NCCc2csc(C)n2)s1. The summed E-state index contributed by atoms with van der Waals surface area (Å²) >= 11 is 2.93. The smallest absolute Gasteiger partial charge is 0.265 e. The van der Waals surface area contributed by atoms with Crippen LogP contribution in [0.5, 0.6) is 0 Å². The van der Waals surface area contributed by atoms with Crippen LogP contribution in [0, 0.1) is 6.92 Å². The molecule has 0 unspecified atom stereocenters. The highest BCUT2D eigenvalue weighted by Crippen LogP contribution is 2.27. The van der Waals surface area contributed by atoms with Crippen LogP contribution >= 0.6 is 22.7 Å². The third-order valence-corrected chi connectivity index (χ3v) is 4.99. The number of hydrogen-bond donors (Lipinski definition) is 2. The molecule has 2 aromatic heterocycles. The van der Waals surface area contributed by atoms with Crippen molar-refractivity contribution in [2.24, 2.45) is 0 Å². The van der Waals surface area contributed by atoms with Gasteiger partial charge in [-0.05, 0) is 13.8 Å². The number of rotatable bonds is 6. The molecule has 0 bridgehead atoms. The first-order chi connectivity index (χ1) is 10.0. The van der Waals surface area contributed by atoms with Crippen LogP contribution in [0.2, 0.25) is 0 Å². The molecular formula is C13H19N5OS2. The van der Waals surface area contributed by atoms with E-state index in [9.17, 15) is 4.79 Å². The molecule has 0 saturated carbocycles. The maximum atomic E-state index is 12.1. The second kappa shape index (κ2) is 6.86. The van der Waals surface area contributed by atoms with Gasteiger partial charge >= 0.3 is 0 Å². The first kappa shape index (κ1) is 15.7.